The summed E-state index contributed by atoms with van der Waals surface area (Å²) in [7, 11) is 0. The first kappa shape index (κ1) is 18.2. The maximum Gasteiger partial charge on any atom is 0.348 e. The van der Waals surface area contributed by atoms with Gasteiger partial charge in [-0.15, -0.1) is 11.3 Å². The van der Waals surface area contributed by atoms with Gasteiger partial charge in [0.15, 0.2) is 6.10 Å². The van der Waals surface area contributed by atoms with Crippen LogP contribution in [-0.2, 0) is 20.7 Å². The largest absolute Gasteiger partial charge is 0.462 e. The zero-order valence-corrected chi connectivity index (χ0v) is 15.9. The van der Waals surface area contributed by atoms with Crippen molar-refractivity contribution in [2.24, 2.45) is 0 Å². The number of ether oxygens (including phenoxy) is 2. The molecule has 0 fully saturated rings. The highest BCUT2D eigenvalue weighted by atomic mass is 32.1. The Morgan fingerprint density at radius 1 is 1.21 bits per heavy atom. The number of amides is 1. The fraction of sp³-hybridized carbons (Fsp3) is 0.190. The fourth-order valence-electron chi connectivity index (χ4n) is 3.12. The predicted molar refractivity (Wildman–Crippen MR) is 106 cm³/mol. The molecule has 6 nitrogen and oxygen atoms in total. The number of rotatable bonds is 4. The molecule has 0 bridgehead atoms. The molecule has 0 radical (unpaired) electrons. The molecule has 1 unspecified atom stereocenters. The minimum atomic E-state index is -0.879. The van der Waals surface area contributed by atoms with E-state index in [0.717, 1.165) is 15.6 Å². The molecule has 7 heteroatoms. The van der Waals surface area contributed by atoms with Crippen molar-refractivity contribution in [1.82, 2.24) is 0 Å². The number of hydrogen-bond acceptors (Lipinski definition) is 6. The predicted octanol–water partition coefficient (Wildman–Crippen LogP) is 3.80. The van der Waals surface area contributed by atoms with Gasteiger partial charge in [-0.05, 0) is 48.2 Å². The van der Waals surface area contributed by atoms with Gasteiger partial charge in [0, 0.05) is 16.8 Å². The summed E-state index contributed by atoms with van der Waals surface area (Å²) in [5, 5.41) is 3.62. The van der Waals surface area contributed by atoms with Crippen LogP contribution in [0.5, 0.6) is 0 Å². The highest BCUT2D eigenvalue weighted by Crippen LogP contribution is 2.29. The normalized spacial score (nSPS) is 15.6. The van der Waals surface area contributed by atoms with E-state index in [4.69, 9.17) is 9.47 Å². The van der Waals surface area contributed by atoms with Crippen molar-refractivity contribution in [1.29, 1.82) is 0 Å². The van der Waals surface area contributed by atoms with E-state index >= 15 is 0 Å². The van der Waals surface area contributed by atoms with Gasteiger partial charge in [0.1, 0.15) is 4.88 Å². The maximum atomic E-state index is 12.6. The summed E-state index contributed by atoms with van der Waals surface area (Å²) in [5.41, 5.74) is 1.87. The average Bonchev–Trinajstić information content (AvgIpc) is 3.12. The Balaban J connectivity index is 1.51. The zero-order valence-electron chi connectivity index (χ0n) is 15.1. The number of benzene rings is 2. The first-order valence-electron chi connectivity index (χ1n) is 8.85. The molecule has 142 valence electrons. The second-order valence-corrected chi connectivity index (χ2v) is 7.41. The monoisotopic (exact) mass is 395 g/mol. The van der Waals surface area contributed by atoms with E-state index in [2.05, 4.69) is 5.32 Å². The molecule has 0 saturated heterocycles. The standard InChI is InChI=1S/C21H17NO5S/c1-2-26-21(25)18-11-13-9-14(7-8-17(13)28-18)22-19(23)16-10-12-5-3-4-6-15(12)20(24)27-16/h3-9,11,16H,2,10H2,1H3,(H,22,23). The van der Waals surface area contributed by atoms with Gasteiger partial charge >= 0.3 is 11.9 Å². The Morgan fingerprint density at radius 2 is 2.04 bits per heavy atom. The van der Waals surface area contributed by atoms with Crippen LogP contribution in [0.4, 0.5) is 5.69 Å². The lowest BCUT2D eigenvalue weighted by atomic mass is 9.98. The second kappa shape index (κ2) is 7.44. The van der Waals surface area contributed by atoms with Gasteiger partial charge in [-0.1, -0.05) is 18.2 Å². The van der Waals surface area contributed by atoms with Crippen LogP contribution in [0, 0.1) is 0 Å². The molecule has 1 atom stereocenters. The van der Waals surface area contributed by atoms with E-state index in [1.54, 1.807) is 37.3 Å². The molecule has 3 aromatic rings. The van der Waals surface area contributed by atoms with Crippen molar-refractivity contribution in [2.75, 3.05) is 11.9 Å². The lowest BCUT2D eigenvalue weighted by Gasteiger charge is -2.23. The number of hydrogen-bond donors (Lipinski definition) is 1. The molecule has 2 heterocycles. The van der Waals surface area contributed by atoms with E-state index in [0.29, 0.717) is 29.2 Å². The number of carbonyl (C=O) groups is 3. The Hall–Kier alpha value is -3.19. The van der Waals surface area contributed by atoms with Gasteiger partial charge in [0.25, 0.3) is 5.91 Å². The van der Waals surface area contributed by atoms with Gasteiger partial charge < -0.3 is 14.8 Å². The molecule has 4 rings (SSSR count). The molecule has 1 amide bonds. The minimum Gasteiger partial charge on any atom is -0.462 e. The highest BCUT2D eigenvalue weighted by molar-refractivity contribution is 7.20. The molecule has 0 aliphatic carbocycles. The number of carbonyl (C=O) groups excluding carboxylic acids is 3. The van der Waals surface area contributed by atoms with Crippen LogP contribution < -0.4 is 5.32 Å². The first-order valence-corrected chi connectivity index (χ1v) is 9.67. The fourth-order valence-corrected chi connectivity index (χ4v) is 4.06. The molecule has 0 spiro atoms. The topological polar surface area (TPSA) is 81.7 Å². The molecular formula is C21H17NO5S. The lowest BCUT2D eigenvalue weighted by molar-refractivity contribution is -0.125. The molecule has 0 saturated carbocycles. The molecule has 28 heavy (non-hydrogen) atoms. The summed E-state index contributed by atoms with van der Waals surface area (Å²) in [4.78, 5) is 37.1. The minimum absolute atomic E-state index is 0.317. The molecule has 2 aromatic carbocycles. The number of anilines is 1. The van der Waals surface area contributed by atoms with Crippen molar-refractivity contribution in [3.05, 3.63) is 64.5 Å². The van der Waals surface area contributed by atoms with E-state index in [1.807, 2.05) is 18.2 Å². The van der Waals surface area contributed by atoms with Crippen molar-refractivity contribution < 1.29 is 23.9 Å². The third kappa shape index (κ3) is 3.48. The van der Waals surface area contributed by atoms with Gasteiger partial charge in [-0.25, -0.2) is 9.59 Å². The Bertz CT molecular complexity index is 1090. The van der Waals surface area contributed by atoms with E-state index in [1.165, 1.54) is 11.3 Å². The van der Waals surface area contributed by atoms with Crippen molar-refractivity contribution >= 4 is 45.0 Å². The van der Waals surface area contributed by atoms with E-state index < -0.39 is 12.1 Å². The maximum absolute atomic E-state index is 12.6. The van der Waals surface area contributed by atoms with Crippen LogP contribution >= 0.6 is 11.3 Å². The number of esters is 2. The highest BCUT2D eigenvalue weighted by Gasteiger charge is 2.31. The van der Waals surface area contributed by atoms with Gasteiger partial charge in [0.05, 0.1) is 12.2 Å². The molecule has 1 aliphatic heterocycles. The summed E-state index contributed by atoms with van der Waals surface area (Å²) in [5.74, 6) is -1.24. The summed E-state index contributed by atoms with van der Waals surface area (Å²) < 4.78 is 11.2. The number of fused-ring (bicyclic) bond motifs is 2. The lowest BCUT2D eigenvalue weighted by Crippen LogP contribution is -2.37. The van der Waals surface area contributed by atoms with Crippen LogP contribution in [0.25, 0.3) is 10.1 Å². The quantitative estimate of drug-likeness (QED) is 0.680. The third-order valence-electron chi connectivity index (χ3n) is 4.44. The number of cyclic esters (lactones) is 1. The van der Waals surface area contributed by atoms with Gasteiger partial charge in [0.2, 0.25) is 0 Å². The van der Waals surface area contributed by atoms with E-state index in [9.17, 15) is 14.4 Å². The average molecular weight is 395 g/mol. The smallest absolute Gasteiger partial charge is 0.348 e. The van der Waals surface area contributed by atoms with Gasteiger partial charge in [-0.2, -0.15) is 0 Å². The van der Waals surface area contributed by atoms with Crippen LogP contribution in [-0.4, -0.2) is 30.6 Å². The van der Waals surface area contributed by atoms with E-state index in [-0.39, 0.29) is 11.9 Å². The summed E-state index contributed by atoms with van der Waals surface area (Å²) in [6, 6.07) is 14.2. The van der Waals surface area contributed by atoms with Crippen molar-refractivity contribution in [2.45, 2.75) is 19.4 Å². The number of thiophene rings is 1. The number of nitrogens with one attached hydrogen (secondary N) is 1. The Morgan fingerprint density at radius 3 is 2.86 bits per heavy atom. The van der Waals surface area contributed by atoms with Crippen LogP contribution in [0.15, 0.2) is 48.5 Å². The van der Waals surface area contributed by atoms with Gasteiger partial charge in [-0.3, -0.25) is 4.79 Å². The summed E-state index contributed by atoms with van der Waals surface area (Å²) in [6.07, 6.45) is -0.544. The first-order chi connectivity index (χ1) is 13.5. The zero-order chi connectivity index (χ0) is 19.7. The molecule has 1 aromatic heterocycles. The second-order valence-electron chi connectivity index (χ2n) is 6.33. The third-order valence-corrected chi connectivity index (χ3v) is 5.54. The molecule has 1 N–H and O–H groups in total. The Kier molecular flexibility index (Phi) is 4.83. The van der Waals surface area contributed by atoms with Crippen LogP contribution in [0.1, 0.15) is 32.5 Å². The molecule has 1 aliphatic rings. The van der Waals surface area contributed by atoms with Crippen molar-refractivity contribution in [3.63, 3.8) is 0 Å². The summed E-state index contributed by atoms with van der Waals surface area (Å²) in [6.45, 7) is 2.08. The van der Waals surface area contributed by atoms with Crippen molar-refractivity contribution in [3.8, 4) is 0 Å². The Labute approximate surface area is 165 Å². The molecular weight excluding hydrogens is 378 g/mol. The van der Waals surface area contributed by atoms with Crippen LogP contribution in [0.2, 0.25) is 0 Å². The van der Waals surface area contributed by atoms with Crippen LogP contribution in [0.3, 0.4) is 0 Å². The SMILES string of the molecule is CCOC(=O)c1cc2cc(NC(=O)C3Cc4ccccc4C(=O)O3)ccc2s1. The summed E-state index contributed by atoms with van der Waals surface area (Å²) >= 11 is 1.34.